The van der Waals surface area contributed by atoms with Gasteiger partial charge in [-0.1, -0.05) is 61.5 Å². The average molecular weight is 278 g/mol. The summed E-state index contributed by atoms with van der Waals surface area (Å²) in [6, 6.07) is 20.7. The molecule has 0 aliphatic carbocycles. The molecule has 0 aromatic heterocycles. The molecule has 1 aliphatic rings. The highest BCUT2D eigenvalue weighted by molar-refractivity contribution is 5.57. The average Bonchev–Trinajstić information content (AvgIpc) is 2.54. The Labute approximate surface area is 128 Å². The van der Waals surface area contributed by atoms with Crippen molar-refractivity contribution in [1.29, 1.82) is 0 Å². The number of quaternary nitrogens is 1. The molecule has 3 unspecified atom stereocenters. The third-order valence-electron chi connectivity index (χ3n) is 5.08. The predicted octanol–water partition coefficient (Wildman–Crippen LogP) is 5.01. The SMILES string of the molecule is CCC(C)[N+]1(C)C=Cc2ccccc2C1c1ccccc1. The first-order valence-corrected chi connectivity index (χ1v) is 7.85. The second-order valence-electron chi connectivity index (χ2n) is 6.24. The van der Waals surface area contributed by atoms with Gasteiger partial charge in [0.1, 0.15) is 6.04 Å². The van der Waals surface area contributed by atoms with E-state index in [-0.39, 0.29) is 0 Å². The van der Waals surface area contributed by atoms with Gasteiger partial charge >= 0.3 is 0 Å². The van der Waals surface area contributed by atoms with Gasteiger partial charge in [-0.25, -0.2) is 0 Å². The van der Waals surface area contributed by atoms with Crippen LogP contribution in [0.5, 0.6) is 0 Å². The van der Waals surface area contributed by atoms with Gasteiger partial charge in [0.05, 0.1) is 19.3 Å². The summed E-state index contributed by atoms with van der Waals surface area (Å²) in [4.78, 5) is 0. The van der Waals surface area contributed by atoms with Crippen LogP contribution in [0.15, 0.2) is 60.8 Å². The van der Waals surface area contributed by atoms with Crippen LogP contribution < -0.4 is 0 Å². The van der Waals surface area contributed by atoms with Crippen molar-refractivity contribution in [3.05, 3.63) is 77.5 Å². The summed E-state index contributed by atoms with van der Waals surface area (Å²) in [5.74, 6) is 0. The third-order valence-corrected chi connectivity index (χ3v) is 5.08. The van der Waals surface area contributed by atoms with Crippen molar-refractivity contribution in [1.82, 2.24) is 0 Å². The van der Waals surface area contributed by atoms with Crippen LogP contribution >= 0.6 is 0 Å². The molecule has 0 spiro atoms. The van der Waals surface area contributed by atoms with Crippen molar-refractivity contribution in [2.24, 2.45) is 0 Å². The molecule has 1 heterocycles. The van der Waals surface area contributed by atoms with Crippen LogP contribution in [0.2, 0.25) is 0 Å². The molecule has 21 heavy (non-hydrogen) atoms. The lowest BCUT2D eigenvalue weighted by molar-refractivity contribution is -0.908. The first kappa shape index (κ1) is 14.1. The van der Waals surface area contributed by atoms with Crippen molar-refractivity contribution < 1.29 is 4.48 Å². The number of benzene rings is 2. The maximum atomic E-state index is 2.38. The molecule has 0 N–H and O–H groups in total. The van der Waals surface area contributed by atoms with Crippen LogP contribution in [-0.4, -0.2) is 17.6 Å². The highest BCUT2D eigenvalue weighted by Gasteiger charge is 2.40. The first-order chi connectivity index (χ1) is 10.2. The van der Waals surface area contributed by atoms with Crippen molar-refractivity contribution in [3.8, 4) is 0 Å². The molecule has 0 bridgehead atoms. The third kappa shape index (κ3) is 2.32. The zero-order chi connectivity index (χ0) is 14.9. The molecule has 1 heteroatoms. The standard InChI is InChI=1S/C20H24N/c1-4-16(2)21(3)15-14-17-10-8-9-13-19(17)20(21)18-11-6-5-7-12-18/h5-16,20H,4H2,1-3H3/q+1. The molecular weight excluding hydrogens is 254 g/mol. The van der Waals surface area contributed by atoms with Crippen LogP contribution in [0.1, 0.15) is 43.0 Å². The summed E-state index contributed by atoms with van der Waals surface area (Å²) in [6.07, 6.45) is 5.85. The highest BCUT2D eigenvalue weighted by Crippen LogP contribution is 2.42. The molecule has 0 radical (unpaired) electrons. The maximum Gasteiger partial charge on any atom is 0.145 e. The maximum absolute atomic E-state index is 2.38. The van der Waals surface area contributed by atoms with E-state index in [4.69, 9.17) is 0 Å². The molecule has 0 saturated carbocycles. The molecule has 3 atom stereocenters. The number of nitrogens with zero attached hydrogens (tertiary/aromatic N) is 1. The van der Waals surface area contributed by atoms with Gasteiger partial charge in [0, 0.05) is 11.1 Å². The van der Waals surface area contributed by atoms with Crippen LogP contribution in [0.4, 0.5) is 0 Å². The number of hydrogen-bond donors (Lipinski definition) is 0. The molecular formula is C20H24N+. The Balaban J connectivity index is 2.19. The lowest BCUT2D eigenvalue weighted by Crippen LogP contribution is -2.50. The van der Waals surface area contributed by atoms with E-state index in [1.54, 1.807) is 0 Å². The van der Waals surface area contributed by atoms with E-state index in [1.807, 2.05) is 0 Å². The first-order valence-electron chi connectivity index (χ1n) is 7.85. The fraction of sp³-hybridized carbons (Fsp3) is 0.300. The Kier molecular flexibility index (Phi) is 3.69. The summed E-state index contributed by atoms with van der Waals surface area (Å²) in [5.41, 5.74) is 4.19. The van der Waals surface area contributed by atoms with Crippen molar-refractivity contribution in [2.75, 3.05) is 7.05 Å². The molecule has 1 aliphatic heterocycles. The van der Waals surface area contributed by atoms with E-state index in [9.17, 15) is 0 Å². The zero-order valence-corrected chi connectivity index (χ0v) is 13.2. The Hall–Kier alpha value is -1.86. The van der Waals surface area contributed by atoms with Crippen molar-refractivity contribution >= 4 is 6.08 Å². The fourth-order valence-corrected chi connectivity index (χ4v) is 3.47. The Morgan fingerprint density at radius 1 is 1.00 bits per heavy atom. The van der Waals surface area contributed by atoms with Crippen LogP contribution in [0.25, 0.3) is 6.08 Å². The van der Waals surface area contributed by atoms with Gasteiger partial charge in [-0.2, -0.15) is 0 Å². The van der Waals surface area contributed by atoms with E-state index in [0.29, 0.717) is 12.1 Å². The van der Waals surface area contributed by atoms with Gasteiger partial charge in [0.25, 0.3) is 0 Å². The van der Waals surface area contributed by atoms with Gasteiger partial charge in [-0.15, -0.1) is 0 Å². The van der Waals surface area contributed by atoms with Gasteiger partial charge in [0.2, 0.25) is 0 Å². The minimum absolute atomic E-state index is 0.377. The summed E-state index contributed by atoms with van der Waals surface area (Å²) >= 11 is 0. The fourth-order valence-electron chi connectivity index (χ4n) is 3.47. The smallest absolute Gasteiger partial charge is 0.145 e. The Morgan fingerprint density at radius 2 is 1.67 bits per heavy atom. The molecule has 0 amide bonds. The normalized spacial score (nSPS) is 25.4. The van der Waals surface area contributed by atoms with E-state index < -0.39 is 0 Å². The number of hydrogen-bond acceptors (Lipinski definition) is 0. The molecule has 2 aromatic rings. The van der Waals surface area contributed by atoms with E-state index in [0.717, 1.165) is 4.48 Å². The van der Waals surface area contributed by atoms with E-state index >= 15 is 0 Å². The van der Waals surface area contributed by atoms with Crippen molar-refractivity contribution in [3.63, 3.8) is 0 Å². The molecule has 0 fully saturated rings. The van der Waals surface area contributed by atoms with Gasteiger partial charge < -0.3 is 0 Å². The van der Waals surface area contributed by atoms with Crippen LogP contribution in [0.3, 0.4) is 0 Å². The lowest BCUT2D eigenvalue weighted by atomic mass is 9.87. The zero-order valence-electron chi connectivity index (χ0n) is 13.2. The van der Waals surface area contributed by atoms with E-state index in [1.165, 1.54) is 23.1 Å². The molecule has 0 saturated heterocycles. The Morgan fingerprint density at radius 3 is 2.38 bits per heavy atom. The molecule has 108 valence electrons. The topological polar surface area (TPSA) is 0 Å². The number of fused-ring (bicyclic) bond motifs is 1. The second kappa shape index (κ2) is 5.50. The van der Waals surface area contributed by atoms with Crippen LogP contribution in [0, 0.1) is 0 Å². The quantitative estimate of drug-likeness (QED) is 0.693. The largest absolute Gasteiger partial charge is 0.288 e. The molecule has 2 aromatic carbocycles. The Bertz CT molecular complexity index is 644. The predicted molar refractivity (Wildman–Crippen MR) is 89.7 cm³/mol. The van der Waals surface area contributed by atoms with Gasteiger partial charge in [-0.3, -0.25) is 4.48 Å². The van der Waals surface area contributed by atoms with Gasteiger partial charge in [-0.05, 0) is 25.0 Å². The van der Waals surface area contributed by atoms with Crippen molar-refractivity contribution in [2.45, 2.75) is 32.4 Å². The summed E-state index contributed by atoms with van der Waals surface area (Å²) in [7, 11) is 2.36. The summed E-state index contributed by atoms with van der Waals surface area (Å²) in [6.45, 7) is 4.64. The lowest BCUT2D eigenvalue weighted by Gasteiger charge is -2.45. The monoisotopic (exact) mass is 278 g/mol. The minimum Gasteiger partial charge on any atom is -0.288 e. The molecule has 3 rings (SSSR count). The summed E-state index contributed by atoms with van der Waals surface area (Å²) < 4.78 is 0.942. The summed E-state index contributed by atoms with van der Waals surface area (Å²) in [5, 5.41) is 0. The number of rotatable bonds is 3. The highest BCUT2D eigenvalue weighted by atomic mass is 15.4. The molecule has 1 nitrogen and oxygen atoms in total. The second-order valence-corrected chi connectivity index (χ2v) is 6.24. The van der Waals surface area contributed by atoms with Crippen LogP contribution in [-0.2, 0) is 0 Å². The van der Waals surface area contributed by atoms with Gasteiger partial charge in [0.15, 0.2) is 0 Å². The minimum atomic E-state index is 0.377. The van der Waals surface area contributed by atoms with E-state index in [2.05, 4.69) is 87.8 Å².